The standard InChI is InChI=1S/C14H22N4/c1-4-5-6-17(3)13-7-11(2)14-16-12(8-15)9-18(14)10-13/h7,9-10H,4-6,8,15H2,1-3H3. The van der Waals surface area contributed by atoms with Crippen LogP contribution in [0.3, 0.4) is 0 Å². The Hall–Kier alpha value is -1.55. The maximum atomic E-state index is 5.64. The molecule has 4 nitrogen and oxygen atoms in total. The number of anilines is 1. The maximum absolute atomic E-state index is 5.64. The fraction of sp³-hybridized carbons (Fsp3) is 0.500. The van der Waals surface area contributed by atoms with E-state index in [-0.39, 0.29) is 0 Å². The van der Waals surface area contributed by atoms with Gasteiger partial charge in [-0.3, -0.25) is 0 Å². The first kappa shape index (κ1) is 12.9. The lowest BCUT2D eigenvalue weighted by Gasteiger charge is -2.19. The van der Waals surface area contributed by atoms with E-state index in [0.717, 1.165) is 17.9 Å². The average Bonchev–Trinajstić information content (AvgIpc) is 2.79. The van der Waals surface area contributed by atoms with Gasteiger partial charge in [0.25, 0.3) is 0 Å². The van der Waals surface area contributed by atoms with Gasteiger partial charge in [-0.1, -0.05) is 13.3 Å². The van der Waals surface area contributed by atoms with Crippen molar-refractivity contribution in [2.24, 2.45) is 5.73 Å². The molecule has 0 aromatic carbocycles. The maximum Gasteiger partial charge on any atom is 0.140 e. The van der Waals surface area contributed by atoms with Crippen LogP contribution in [0.15, 0.2) is 18.5 Å². The molecule has 4 heteroatoms. The Balaban J connectivity index is 2.35. The van der Waals surface area contributed by atoms with Gasteiger partial charge in [-0.25, -0.2) is 4.98 Å². The monoisotopic (exact) mass is 246 g/mol. The molecule has 2 heterocycles. The third kappa shape index (κ3) is 2.48. The molecule has 0 spiro atoms. The van der Waals surface area contributed by atoms with E-state index in [1.165, 1.54) is 24.1 Å². The number of nitrogens with two attached hydrogens (primary N) is 1. The molecule has 0 radical (unpaired) electrons. The predicted octanol–water partition coefficient (Wildman–Crippen LogP) is 2.34. The second-order valence-corrected chi connectivity index (χ2v) is 4.82. The van der Waals surface area contributed by atoms with Crippen LogP contribution in [-0.2, 0) is 6.54 Å². The second-order valence-electron chi connectivity index (χ2n) is 4.82. The summed E-state index contributed by atoms with van der Waals surface area (Å²) in [5.41, 5.74) is 10.0. The van der Waals surface area contributed by atoms with Crippen molar-refractivity contribution in [1.82, 2.24) is 9.38 Å². The van der Waals surface area contributed by atoms with Crippen LogP contribution in [0.4, 0.5) is 5.69 Å². The van der Waals surface area contributed by atoms with E-state index in [9.17, 15) is 0 Å². The molecular weight excluding hydrogens is 224 g/mol. The van der Waals surface area contributed by atoms with Crippen LogP contribution in [0.25, 0.3) is 5.65 Å². The number of imidazole rings is 1. The molecule has 0 saturated heterocycles. The van der Waals surface area contributed by atoms with Crippen molar-refractivity contribution < 1.29 is 0 Å². The fourth-order valence-electron chi connectivity index (χ4n) is 2.13. The van der Waals surface area contributed by atoms with Crippen LogP contribution in [0.1, 0.15) is 31.0 Å². The van der Waals surface area contributed by atoms with E-state index >= 15 is 0 Å². The van der Waals surface area contributed by atoms with Crippen molar-refractivity contribution in [3.05, 3.63) is 29.7 Å². The normalized spacial score (nSPS) is 11.1. The van der Waals surface area contributed by atoms with Gasteiger partial charge in [0, 0.05) is 32.5 Å². The largest absolute Gasteiger partial charge is 0.373 e. The van der Waals surface area contributed by atoms with Crippen molar-refractivity contribution in [3.8, 4) is 0 Å². The summed E-state index contributed by atoms with van der Waals surface area (Å²) in [5, 5.41) is 0. The molecule has 0 aliphatic carbocycles. The van der Waals surface area contributed by atoms with E-state index in [0.29, 0.717) is 6.54 Å². The molecule has 98 valence electrons. The molecule has 0 amide bonds. The zero-order valence-electron chi connectivity index (χ0n) is 11.5. The van der Waals surface area contributed by atoms with Crippen molar-refractivity contribution in [1.29, 1.82) is 0 Å². The van der Waals surface area contributed by atoms with Crippen LogP contribution in [-0.4, -0.2) is 23.0 Å². The Morgan fingerprint density at radius 2 is 2.17 bits per heavy atom. The van der Waals surface area contributed by atoms with E-state index in [2.05, 4.69) is 47.4 Å². The zero-order chi connectivity index (χ0) is 13.1. The molecule has 2 rings (SSSR count). The van der Waals surface area contributed by atoms with Crippen molar-refractivity contribution in [2.45, 2.75) is 33.2 Å². The lowest BCUT2D eigenvalue weighted by Crippen LogP contribution is -2.18. The van der Waals surface area contributed by atoms with E-state index in [4.69, 9.17) is 5.73 Å². The minimum Gasteiger partial charge on any atom is -0.373 e. The summed E-state index contributed by atoms with van der Waals surface area (Å²) in [7, 11) is 2.14. The number of fused-ring (bicyclic) bond motifs is 1. The molecule has 18 heavy (non-hydrogen) atoms. The van der Waals surface area contributed by atoms with Crippen LogP contribution in [0, 0.1) is 6.92 Å². The highest BCUT2D eigenvalue weighted by molar-refractivity contribution is 5.57. The summed E-state index contributed by atoms with van der Waals surface area (Å²) in [4.78, 5) is 6.80. The van der Waals surface area contributed by atoms with Crippen molar-refractivity contribution >= 4 is 11.3 Å². The molecule has 2 aromatic rings. The molecular formula is C14H22N4. The van der Waals surface area contributed by atoms with Gasteiger partial charge < -0.3 is 15.0 Å². The summed E-state index contributed by atoms with van der Waals surface area (Å²) in [6.45, 7) is 5.88. The van der Waals surface area contributed by atoms with Gasteiger partial charge in [0.15, 0.2) is 0 Å². The molecule has 2 N–H and O–H groups in total. The Labute approximate surface area is 108 Å². The van der Waals surface area contributed by atoms with Gasteiger partial charge in [-0.2, -0.15) is 0 Å². The molecule has 0 atom stereocenters. The quantitative estimate of drug-likeness (QED) is 0.880. The highest BCUT2D eigenvalue weighted by Gasteiger charge is 2.07. The Kier molecular flexibility index (Phi) is 3.87. The van der Waals surface area contributed by atoms with Crippen molar-refractivity contribution in [2.75, 3.05) is 18.5 Å². The minimum absolute atomic E-state index is 0.488. The summed E-state index contributed by atoms with van der Waals surface area (Å²) in [6.07, 6.45) is 6.57. The van der Waals surface area contributed by atoms with Crippen LogP contribution in [0.5, 0.6) is 0 Å². The van der Waals surface area contributed by atoms with Gasteiger partial charge in [0.2, 0.25) is 0 Å². The Morgan fingerprint density at radius 1 is 1.39 bits per heavy atom. The third-order valence-electron chi connectivity index (χ3n) is 3.27. The number of pyridine rings is 1. The number of hydrogen-bond donors (Lipinski definition) is 1. The molecule has 0 aliphatic rings. The van der Waals surface area contributed by atoms with Gasteiger partial charge in [0.05, 0.1) is 11.4 Å². The number of aromatic nitrogens is 2. The third-order valence-corrected chi connectivity index (χ3v) is 3.27. The fourth-order valence-corrected chi connectivity index (χ4v) is 2.13. The smallest absolute Gasteiger partial charge is 0.140 e. The number of nitrogens with zero attached hydrogens (tertiary/aromatic N) is 3. The Bertz CT molecular complexity index is 530. The topological polar surface area (TPSA) is 46.6 Å². The molecule has 2 aromatic heterocycles. The highest BCUT2D eigenvalue weighted by atomic mass is 15.1. The zero-order valence-corrected chi connectivity index (χ0v) is 11.5. The number of rotatable bonds is 5. The first-order chi connectivity index (χ1) is 8.65. The first-order valence-electron chi connectivity index (χ1n) is 6.55. The summed E-state index contributed by atoms with van der Waals surface area (Å²) in [5.74, 6) is 0. The average molecular weight is 246 g/mol. The van der Waals surface area contributed by atoms with E-state index in [1.807, 2.05) is 6.20 Å². The number of aryl methyl sites for hydroxylation is 1. The molecule has 0 unspecified atom stereocenters. The molecule has 0 aliphatic heterocycles. The number of hydrogen-bond acceptors (Lipinski definition) is 3. The minimum atomic E-state index is 0.488. The van der Waals surface area contributed by atoms with E-state index < -0.39 is 0 Å². The van der Waals surface area contributed by atoms with Crippen LogP contribution in [0.2, 0.25) is 0 Å². The predicted molar refractivity (Wildman–Crippen MR) is 76.0 cm³/mol. The van der Waals surface area contributed by atoms with Crippen LogP contribution < -0.4 is 10.6 Å². The van der Waals surface area contributed by atoms with Crippen LogP contribution >= 0.6 is 0 Å². The van der Waals surface area contributed by atoms with Gasteiger partial charge in [-0.05, 0) is 25.0 Å². The van der Waals surface area contributed by atoms with E-state index in [1.54, 1.807) is 0 Å². The molecule has 0 fully saturated rings. The molecule has 0 bridgehead atoms. The molecule has 0 saturated carbocycles. The first-order valence-corrected chi connectivity index (χ1v) is 6.55. The Morgan fingerprint density at radius 3 is 2.83 bits per heavy atom. The summed E-state index contributed by atoms with van der Waals surface area (Å²) < 4.78 is 2.08. The highest BCUT2D eigenvalue weighted by Crippen LogP contribution is 2.19. The van der Waals surface area contributed by atoms with Crippen molar-refractivity contribution in [3.63, 3.8) is 0 Å². The summed E-state index contributed by atoms with van der Waals surface area (Å²) in [6, 6.07) is 2.19. The second kappa shape index (κ2) is 5.40. The van der Waals surface area contributed by atoms with Gasteiger partial charge in [-0.15, -0.1) is 0 Å². The summed E-state index contributed by atoms with van der Waals surface area (Å²) >= 11 is 0. The van der Waals surface area contributed by atoms with Gasteiger partial charge >= 0.3 is 0 Å². The van der Waals surface area contributed by atoms with Gasteiger partial charge in [0.1, 0.15) is 5.65 Å². The number of unbranched alkanes of at least 4 members (excludes halogenated alkanes) is 1. The lowest BCUT2D eigenvalue weighted by molar-refractivity contribution is 0.765. The lowest BCUT2D eigenvalue weighted by atomic mass is 10.2. The SMILES string of the molecule is CCCCN(C)c1cc(C)c2nc(CN)cn2c1.